The highest BCUT2D eigenvalue weighted by Crippen LogP contribution is 2.19. The maximum absolute atomic E-state index is 12.5. The number of H-pyrrole nitrogens is 1. The molecular weight excluding hydrogens is 422 g/mol. The molecule has 9 nitrogen and oxygen atoms in total. The van der Waals surface area contributed by atoms with Crippen LogP contribution in [-0.2, 0) is 30.8 Å². The number of para-hydroxylation sites is 1. The number of sulfonamides is 1. The lowest BCUT2D eigenvalue weighted by Crippen LogP contribution is -2.42. The molecule has 3 aromatic rings. The summed E-state index contributed by atoms with van der Waals surface area (Å²) in [6.07, 6.45) is 2.08. The maximum Gasteiger partial charge on any atom is 0.329 e. The highest BCUT2D eigenvalue weighted by molar-refractivity contribution is 7.89. The molecule has 3 rings (SSSR count). The number of aromatic amines is 1. The Hall–Kier alpha value is -3.37. The number of carbonyl (C=O) groups excluding carboxylic acids is 2. The molecule has 0 saturated heterocycles. The first-order valence-corrected chi connectivity index (χ1v) is 11.0. The minimum Gasteiger partial charge on any atom is -0.490 e. The van der Waals surface area contributed by atoms with Gasteiger partial charge in [0.25, 0.3) is 0 Å². The number of ether oxygens (including phenoxy) is 2. The lowest BCUT2D eigenvalue weighted by Gasteiger charge is -2.17. The van der Waals surface area contributed by atoms with E-state index in [0.29, 0.717) is 5.75 Å². The van der Waals surface area contributed by atoms with Crippen LogP contribution in [0.2, 0.25) is 0 Å². The van der Waals surface area contributed by atoms with E-state index >= 15 is 0 Å². The Morgan fingerprint density at radius 3 is 2.48 bits per heavy atom. The summed E-state index contributed by atoms with van der Waals surface area (Å²) >= 11 is 0. The van der Waals surface area contributed by atoms with E-state index in [4.69, 9.17) is 14.6 Å². The lowest BCUT2D eigenvalue weighted by molar-refractivity contribution is -0.148. The zero-order valence-corrected chi connectivity index (χ0v) is 17.6. The summed E-state index contributed by atoms with van der Waals surface area (Å²) in [4.78, 5) is 27.2. The maximum atomic E-state index is 12.5. The van der Waals surface area contributed by atoms with Gasteiger partial charge in [0.15, 0.2) is 0 Å². The standard InChI is InChI=1S/C21H23N3O6S/c1-14(25)24-20(12-15-13-23-19-5-3-2-4-18(15)19)21(26)30-11-10-29-16-6-8-17(9-7-16)31(22,27)28/h2-9,13,20,23H,10-12H2,1H3,(H,24,25)(H2,22,27,28)/t20-/m0/s1. The molecule has 31 heavy (non-hydrogen) atoms. The summed E-state index contributed by atoms with van der Waals surface area (Å²) in [6.45, 7) is 1.35. The van der Waals surface area contributed by atoms with E-state index in [2.05, 4.69) is 10.3 Å². The number of nitrogens with two attached hydrogens (primary N) is 1. The molecule has 0 aliphatic heterocycles. The normalized spacial score (nSPS) is 12.3. The average Bonchev–Trinajstić information content (AvgIpc) is 3.13. The number of amides is 1. The third-order valence-corrected chi connectivity index (χ3v) is 5.44. The second kappa shape index (κ2) is 9.63. The van der Waals surface area contributed by atoms with Gasteiger partial charge < -0.3 is 19.8 Å². The number of hydrogen-bond donors (Lipinski definition) is 3. The first kappa shape index (κ1) is 22.3. The summed E-state index contributed by atoms with van der Waals surface area (Å²) in [5.74, 6) is -0.512. The summed E-state index contributed by atoms with van der Waals surface area (Å²) in [5.41, 5.74) is 1.83. The lowest BCUT2D eigenvalue weighted by atomic mass is 10.0. The largest absolute Gasteiger partial charge is 0.490 e. The van der Waals surface area contributed by atoms with Crippen LogP contribution in [0.5, 0.6) is 5.75 Å². The molecule has 0 bridgehead atoms. The van der Waals surface area contributed by atoms with Crippen molar-refractivity contribution in [3.63, 3.8) is 0 Å². The number of nitrogens with one attached hydrogen (secondary N) is 2. The van der Waals surface area contributed by atoms with E-state index in [1.165, 1.54) is 31.2 Å². The van der Waals surface area contributed by atoms with Crippen molar-refractivity contribution in [3.05, 3.63) is 60.3 Å². The summed E-state index contributed by atoms with van der Waals surface area (Å²) in [7, 11) is -3.77. The van der Waals surface area contributed by atoms with Gasteiger partial charge in [0, 0.05) is 30.4 Å². The van der Waals surface area contributed by atoms with Crippen LogP contribution < -0.4 is 15.2 Å². The number of rotatable bonds is 9. The number of esters is 1. The molecule has 0 radical (unpaired) electrons. The molecule has 1 amide bonds. The van der Waals surface area contributed by atoms with Gasteiger partial charge in [-0.15, -0.1) is 0 Å². The van der Waals surface area contributed by atoms with Crippen molar-refractivity contribution < 1.29 is 27.5 Å². The molecule has 0 aliphatic carbocycles. The number of aromatic nitrogens is 1. The van der Waals surface area contributed by atoms with Gasteiger partial charge in [-0.05, 0) is 35.9 Å². The monoisotopic (exact) mass is 445 g/mol. The first-order chi connectivity index (χ1) is 14.7. The molecule has 2 aromatic carbocycles. The van der Waals surface area contributed by atoms with Crippen LogP contribution in [0.4, 0.5) is 0 Å². The van der Waals surface area contributed by atoms with Crippen LogP contribution in [0, 0.1) is 0 Å². The smallest absolute Gasteiger partial charge is 0.329 e. The van der Waals surface area contributed by atoms with E-state index in [9.17, 15) is 18.0 Å². The van der Waals surface area contributed by atoms with Crippen LogP contribution in [0.3, 0.4) is 0 Å². The summed E-state index contributed by atoms with van der Waals surface area (Å²) in [6, 6.07) is 12.4. The van der Waals surface area contributed by atoms with E-state index in [-0.39, 0.29) is 30.4 Å². The number of carbonyl (C=O) groups is 2. The van der Waals surface area contributed by atoms with Crippen LogP contribution in [0.1, 0.15) is 12.5 Å². The Bertz CT molecular complexity index is 1170. The molecule has 1 heterocycles. The molecule has 164 valence electrons. The molecule has 4 N–H and O–H groups in total. The second-order valence-corrected chi connectivity index (χ2v) is 8.41. The highest BCUT2D eigenvalue weighted by Gasteiger charge is 2.23. The zero-order chi connectivity index (χ0) is 22.4. The third kappa shape index (κ3) is 6.06. The van der Waals surface area contributed by atoms with Gasteiger partial charge in [-0.2, -0.15) is 0 Å². The fourth-order valence-electron chi connectivity index (χ4n) is 3.09. The van der Waals surface area contributed by atoms with Gasteiger partial charge >= 0.3 is 5.97 Å². The summed E-state index contributed by atoms with van der Waals surface area (Å²) < 4.78 is 33.2. The zero-order valence-electron chi connectivity index (χ0n) is 16.8. The fourth-order valence-corrected chi connectivity index (χ4v) is 3.60. The minimum absolute atomic E-state index is 0.0262. The number of hydrogen-bond acceptors (Lipinski definition) is 6. The molecule has 0 fully saturated rings. The molecule has 1 aromatic heterocycles. The van der Waals surface area contributed by atoms with E-state index in [1.807, 2.05) is 24.3 Å². The van der Waals surface area contributed by atoms with Crippen molar-refractivity contribution in [2.45, 2.75) is 24.3 Å². The molecule has 10 heteroatoms. The molecule has 0 aliphatic rings. The van der Waals surface area contributed by atoms with Crippen molar-refractivity contribution in [2.24, 2.45) is 5.14 Å². The Morgan fingerprint density at radius 1 is 1.10 bits per heavy atom. The van der Waals surface area contributed by atoms with Crippen LogP contribution in [0.15, 0.2) is 59.6 Å². The SMILES string of the molecule is CC(=O)N[C@@H](Cc1c[nH]c2ccccc12)C(=O)OCCOc1ccc(S(N)(=O)=O)cc1. The predicted molar refractivity (Wildman–Crippen MR) is 114 cm³/mol. The van der Waals surface area contributed by atoms with E-state index < -0.39 is 22.0 Å². The van der Waals surface area contributed by atoms with E-state index in [1.54, 1.807) is 6.20 Å². The Balaban J connectivity index is 1.55. The summed E-state index contributed by atoms with van der Waals surface area (Å²) in [5, 5.41) is 8.64. The van der Waals surface area contributed by atoms with Gasteiger partial charge in [-0.3, -0.25) is 4.79 Å². The molecule has 1 atom stereocenters. The number of benzene rings is 2. The Kier molecular flexibility index (Phi) is 6.93. The van der Waals surface area contributed by atoms with Crippen LogP contribution in [-0.4, -0.2) is 44.5 Å². The van der Waals surface area contributed by atoms with Crippen molar-refractivity contribution in [2.75, 3.05) is 13.2 Å². The second-order valence-electron chi connectivity index (χ2n) is 6.85. The third-order valence-electron chi connectivity index (χ3n) is 4.51. The molecule has 0 spiro atoms. The van der Waals surface area contributed by atoms with Gasteiger partial charge in [-0.1, -0.05) is 18.2 Å². The average molecular weight is 445 g/mol. The van der Waals surface area contributed by atoms with Crippen molar-refractivity contribution in [1.82, 2.24) is 10.3 Å². The van der Waals surface area contributed by atoms with Gasteiger partial charge in [-0.25, -0.2) is 18.4 Å². The fraction of sp³-hybridized carbons (Fsp3) is 0.238. The highest BCUT2D eigenvalue weighted by atomic mass is 32.2. The number of primary sulfonamides is 1. The van der Waals surface area contributed by atoms with Crippen molar-refractivity contribution in [1.29, 1.82) is 0 Å². The molecule has 0 unspecified atom stereocenters. The molecule has 0 saturated carbocycles. The van der Waals surface area contributed by atoms with Gasteiger partial charge in [0.05, 0.1) is 4.90 Å². The topological polar surface area (TPSA) is 141 Å². The van der Waals surface area contributed by atoms with Crippen molar-refractivity contribution >= 4 is 32.8 Å². The Morgan fingerprint density at radius 2 is 1.81 bits per heavy atom. The van der Waals surface area contributed by atoms with Crippen molar-refractivity contribution in [3.8, 4) is 5.75 Å². The molecular formula is C21H23N3O6S. The Labute approximate surface area is 179 Å². The predicted octanol–water partition coefficient (Wildman–Crippen LogP) is 1.48. The first-order valence-electron chi connectivity index (χ1n) is 9.48. The number of fused-ring (bicyclic) bond motifs is 1. The van der Waals surface area contributed by atoms with Crippen LogP contribution >= 0.6 is 0 Å². The quantitative estimate of drug-likeness (QED) is 0.337. The van der Waals surface area contributed by atoms with Crippen LogP contribution in [0.25, 0.3) is 10.9 Å². The van der Waals surface area contributed by atoms with Gasteiger partial charge in [0.1, 0.15) is 25.0 Å². The van der Waals surface area contributed by atoms with Gasteiger partial charge in [0.2, 0.25) is 15.9 Å². The minimum atomic E-state index is -3.77. The van der Waals surface area contributed by atoms with E-state index in [0.717, 1.165) is 16.5 Å².